The lowest BCUT2D eigenvalue weighted by molar-refractivity contribution is 0.0699. The number of benzene rings is 1. The molecule has 0 fully saturated rings. The second kappa shape index (κ2) is 10.3. The number of hydrogen-bond acceptors (Lipinski definition) is 4. The Kier molecular flexibility index (Phi) is 7.58. The molecule has 0 spiro atoms. The molecule has 0 saturated carbocycles. The molecule has 0 aliphatic carbocycles. The van der Waals surface area contributed by atoms with Gasteiger partial charge in [0.25, 0.3) is 5.56 Å². The average molecular weight is 413 g/mol. The number of aromatic carboxylic acids is 1. The van der Waals surface area contributed by atoms with Gasteiger partial charge in [-0.3, -0.25) is 9.36 Å². The fraction of sp³-hybridized carbons (Fsp3) is 0.435. The number of fused-ring (bicyclic) bond motifs is 1. The number of carboxylic acids is 1. The molecule has 0 bridgehead atoms. The molecule has 6 heteroatoms. The zero-order chi connectivity index (χ0) is 20.6. The average Bonchev–Trinajstić information content (AvgIpc) is 3.14. The van der Waals surface area contributed by atoms with E-state index in [1.54, 1.807) is 4.57 Å². The molecule has 1 aromatic carbocycles. The van der Waals surface area contributed by atoms with Gasteiger partial charge in [0.1, 0.15) is 10.7 Å². The highest BCUT2D eigenvalue weighted by atomic mass is 32.1. The van der Waals surface area contributed by atoms with Gasteiger partial charge in [-0.1, -0.05) is 75.8 Å². The summed E-state index contributed by atoms with van der Waals surface area (Å²) in [5.41, 5.74) is 0.912. The van der Waals surface area contributed by atoms with Gasteiger partial charge in [-0.05, 0) is 12.0 Å². The van der Waals surface area contributed by atoms with E-state index < -0.39 is 5.97 Å². The summed E-state index contributed by atoms with van der Waals surface area (Å²) in [4.78, 5) is 29.9. The summed E-state index contributed by atoms with van der Waals surface area (Å²) in [5.74, 6) is -0.369. The number of carbonyl (C=O) groups is 1. The normalized spacial score (nSPS) is 11.2. The Bertz CT molecular complexity index is 1010. The molecule has 154 valence electrons. The molecule has 0 aliphatic rings. The number of unbranched alkanes of at least 4 members (excludes halogenated alkanes) is 6. The van der Waals surface area contributed by atoms with E-state index >= 15 is 0 Å². The minimum Gasteiger partial charge on any atom is -0.478 e. The SMILES string of the molecule is CCCCCCCCCn1c(Cc2ccccc2)nc2scc(C(=O)O)c2c1=O. The summed E-state index contributed by atoms with van der Waals surface area (Å²) < 4.78 is 1.69. The van der Waals surface area contributed by atoms with Gasteiger partial charge in [-0.2, -0.15) is 0 Å². The summed E-state index contributed by atoms with van der Waals surface area (Å²) in [7, 11) is 0. The molecule has 2 heterocycles. The summed E-state index contributed by atoms with van der Waals surface area (Å²) in [6.45, 7) is 2.78. The lowest BCUT2D eigenvalue weighted by Crippen LogP contribution is -2.26. The van der Waals surface area contributed by atoms with Gasteiger partial charge in [0, 0.05) is 18.3 Å². The van der Waals surface area contributed by atoms with Crippen LogP contribution < -0.4 is 5.56 Å². The molecule has 0 atom stereocenters. The molecule has 0 radical (unpaired) electrons. The van der Waals surface area contributed by atoms with Crippen molar-refractivity contribution in [3.63, 3.8) is 0 Å². The van der Waals surface area contributed by atoms with Gasteiger partial charge in [-0.25, -0.2) is 9.78 Å². The Labute approximate surface area is 175 Å². The van der Waals surface area contributed by atoms with Crippen LogP contribution in [-0.2, 0) is 13.0 Å². The summed E-state index contributed by atoms with van der Waals surface area (Å²) in [6, 6.07) is 9.95. The Morgan fingerprint density at radius 3 is 2.45 bits per heavy atom. The zero-order valence-corrected chi connectivity index (χ0v) is 17.7. The minimum absolute atomic E-state index is 0.0575. The van der Waals surface area contributed by atoms with Crippen LogP contribution in [0.3, 0.4) is 0 Å². The van der Waals surface area contributed by atoms with Gasteiger partial charge >= 0.3 is 5.97 Å². The van der Waals surface area contributed by atoms with E-state index in [0.717, 1.165) is 24.8 Å². The van der Waals surface area contributed by atoms with Gasteiger partial charge in [0.05, 0.1) is 10.9 Å². The molecule has 1 N–H and O–H groups in total. The number of thiophene rings is 1. The predicted molar refractivity (Wildman–Crippen MR) is 118 cm³/mol. The fourth-order valence-corrected chi connectivity index (χ4v) is 4.52. The molecule has 0 unspecified atom stereocenters. The van der Waals surface area contributed by atoms with Crippen molar-refractivity contribution in [2.45, 2.75) is 64.8 Å². The maximum Gasteiger partial charge on any atom is 0.337 e. The highest BCUT2D eigenvalue weighted by Crippen LogP contribution is 2.23. The van der Waals surface area contributed by atoms with E-state index in [1.165, 1.54) is 42.4 Å². The smallest absolute Gasteiger partial charge is 0.337 e. The topological polar surface area (TPSA) is 72.2 Å². The standard InChI is InChI=1S/C23H28N2O3S/c1-2-3-4-5-6-7-11-14-25-19(15-17-12-9-8-10-13-17)24-21-20(22(25)26)18(16-29-21)23(27)28/h8-10,12-13,16H,2-7,11,14-15H2,1H3,(H,27,28). The van der Waals surface area contributed by atoms with E-state index in [9.17, 15) is 14.7 Å². The van der Waals surface area contributed by atoms with Crippen LogP contribution in [0.5, 0.6) is 0 Å². The van der Waals surface area contributed by atoms with Gasteiger partial charge in [-0.15, -0.1) is 11.3 Å². The van der Waals surface area contributed by atoms with Crippen molar-refractivity contribution in [1.29, 1.82) is 0 Å². The second-order valence-corrected chi connectivity index (χ2v) is 8.26. The Morgan fingerprint density at radius 1 is 1.07 bits per heavy atom. The number of nitrogens with zero attached hydrogens (tertiary/aromatic N) is 2. The molecular formula is C23H28N2O3S. The van der Waals surface area contributed by atoms with Gasteiger partial charge < -0.3 is 5.11 Å². The largest absolute Gasteiger partial charge is 0.478 e. The highest BCUT2D eigenvalue weighted by Gasteiger charge is 2.19. The summed E-state index contributed by atoms with van der Waals surface area (Å²) >= 11 is 1.22. The van der Waals surface area contributed by atoms with Crippen molar-refractivity contribution in [3.8, 4) is 0 Å². The zero-order valence-electron chi connectivity index (χ0n) is 16.9. The molecular weight excluding hydrogens is 384 g/mol. The van der Waals surface area contributed by atoms with Crippen LogP contribution >= 0.6 is 11.3 Å². The molecule has 29 heavy (non-hydrogen) atoms. The number of hydrogen-bond donors (Lipinski definition) is 1. The molecule has 2 aromatic heterocycles. The Hall–Kier alpha value is -2.47. The summed E-state index contributed by atoms with van der Waals surface area (Å²) in [6.07, 6.45) is 8.68. The predicted octanol–water partition coefficient (Wildman–Crippen LogP) is 5.50. The second-order valence-electron chi connectivity index (χ2n) is 7.40. The number of aromatic nitrogens is 2. The van der Waals surface area contributed by atoms with Crippen molar-refractivity contribution < 1.29 is 9.90 Å². The van der Waals surface area contributed by atoms with Crippen LogP contribution in [0, 0.1) is 0 Å². The molecule has 0 aliphatic heterocycles. The van der Waals surface area contributed by atoms with Crippen molar-refractivity contribution in [3.05, 3.63) is 63.0 Å². The van der Waals surface area contributed by atoms with E-state index in [-0.39, 0.29) is 16.5 Å². The third-order valence-electron chi connectivity index (χ3n) is 5.19. The maximum absolute atomic E-state index is 13.2. The monoisotopic (exact) mass is 412 g/mol. The number of rotatable bonds is 11. The first kappa shape index (κ1) is 21.2. The maximum atomic E-state index is 13.2. The van der Waals surface area contributed by atoms with Crippen molar-refractivity contribution in [2.24, 2.45) is 0 Å². The van der Waals surface area contributed by atoms with Gasteiger partial charge in [0.15, 0.2) is 0 Å². The molecule has 3 rings (SSSR count). The van der Waals surface area contributed by atoms with Crippen molar-refractivity contribution in [1.82, 2.24) is 9.55 Å². The highest BCUT2D eigenvalue weighted by molar-refractivity contribution is 7.17. The van der Waals surface area contributed by atoms with Crippen LogP contribution in [0.25, 0.3) is 10.2 Å². The fourth-order valence-electron chi connectivity index (χ4n) is 3.59. The van der Waals surface area contributed by atoms with E-state index in [1.807, 2.05) is 30.3 Å². The Morgan fingerprint density at radius 2 is 1.76 bits per heavy atom. The summed E-state index contributed by atoms with van der Waals surface area (Å²) in [5, 5.41) is 11.2. The van der Waals surface area contributed by atoms with Crippen LogP contribution in [0.1, 0.15) is 73.6 Å². The minimum atomic E-state index is -1.08. The van der Waals surface area contributed by atoms with E-state index in [0.29, 0.717) is 23.6 Å². The first-order chi connectivity index (χ1) is 14.1. The van der Waals surface area contributed by atoms with Gasteiger partial charge in [0.2, 0.25) is 0 Å². The Balaban J connectivity index is 1.85. The third-order valence-corrected chi connectivity index (χ3v) is 6.07. The molecule has 0 saturated heterocycles. The molecule has 5 nitrogen and oxygen atoms in total. The molecule has 0 amide bonds. The number of carboxylic acid groups (broad SMARTS) is 1. The van der Waals surface area contributed by atoms with Crippen molar-refractivity contribution >= 4 is 27.5 Å². The first-order valence-electron chi connectivity index (χ1n) is 10.4. The van der Waals surface area contributed by atoms with E-state index in [4.69, 9.17) is 4.98 Å². The third kappa shape index (κ3) is 5.32. The van der Waals surface area contributed by atoms with Crippen LogP contribution in [0.2, 0.25) is 0 Å². The lowest BCUT2D eigenvalue weighted by atomic mass is 10.1. The van der Waals surface area contributed by atoms with Crippen LogP contribution in [0.15, 0.2) is 40.5 Å². The first-order valence-corrected chi connectivity index (χ1v) is 11.3. The van der Waals surface area contributed by atoms with E-state index in [2.05, 4.69) is 6.92 Å². The van der Waals surface area contributed by atoms with Crippen molar-refractivity contribution in [2.75, 3.05) is 0 Å². The lowest BCUT2D eigenvalue weighted by Gasteiger charge is -2.13. The van der Waals surface area contributed by atoms with Crippen LogP contribution in [-0.4, -0.2) is 20.6 Å². The quantitative estimate of drug-likeness (QED) is 0.422. The molecule has 3 aromatic rings. The van der Waals surface area contributed by atoms with Crippen LogP contribution in [0.4, 0.5) is 0 Å².